The van der Waals surface area contributed by atoms with Crippen LogP contribution in [0.2, 0.25) is 0 Å². The Morgan fingerprint density at radius 1 is 0.941 bits per heavy atom. The molecule has 0 bridgehead atoms. The molecular formula is C12H22Cl2N2O. The zero-order valence-corrected chi connectivity index (χ0v) is 11.7. The fourth-order valence-electron chi connectivity index (χ4n) is 1.32. The Balaban J connectivity index is 0. The Labute approximate surface area is 116 Å². The fourth-order valence-corrected chi connectivity index (χ4v) is 1.32. The molecule has 0 heterocycles. The van der Waals surface area contributed by atoms with Gasteiger partial charge in [-0.05, 0) is 12.5 Å². The molecule has 0 saturated heterocycles. The number of hydrogen-bond acceptors (Lipinski definition) is 3. The van der Waals surface area contributed by atoms with Gasteiger partial charge in [0.1, 0.15) is 0 Å². The summed E-state index contributed by atoms with van der Waals surface area (Å²) in [5.74, 6) is 0. The highest BCUT2D eigenvalue weighted by Crippen LogP contribution is 2.01. The van der Waals surface area contributed by atoms with Gasteiger partial charge >= 0.3 is 0 Å². The number of aryl methyl sites for hydroxylation is 1. The van der Waals surface area contributed by atoms with Gasteiger partial charge in [0, 0.05) is 26.2 Å². The maximum atomic E-state index is 8.54. The van der Waals surface area contributed by atoms with E-state index >= 15 is 0 Å². The van der Waals surface area contributed by atoms with E-state index in [-0.39, 0.29) is 31.4 Å². The molecule has 0 aliphatic carbocycles. The molecule has 0 fully saturated rings. The second kappa shape index (κ2) is 12.1. The van der Waals surface area contributed by atoms with Crippen molar-refractivity contribution < 1.29 is 5.11 Å². The van der Waals surface area contributed by atoms with E-state index in [9.17, 15) is 0 Å². The highest BCUT2D eigenvalue weighted by molar-refractivity contribution is 5.85. The molecule has 3 nitrogen and oxygen atoms in total. The summed E-state index contributed by atoms with van der Waals surface area (Å²) in [7, 11) is 0. The lowest BCUT2D eigenvalue weighted by molar-refractivity contribution is 0.292. The number of nitrogens with one attached hydrogen (secondary N) is 2. The minimum atomic E-state index is 0. The number of aliphatic hydroxyl groups is 1. The van der Waals surface area contributed by atoms with Crippen molar-refractivity contribution in [3.8, 4) is 0 Å². The first kappa shape index (κ1) is 19.0. The van der Waals surface area contributed by atoms with E-state index in [1.165, 1.54) is 11.1 Å². The van der Waals surface area contributed by atoms with E-state index in [4.69, 9.17) is 5.11 Å². The van der Waals surface area contributed by atoms with Gasteiger partial charge in [0.15, 0.2) is 0 Å². The number of hydrogen-bond donors (Lipinski definition) is 3. The summed E-state index contributed by atoms with van der Waals surface area (Å²) in [6.45, 7) is 5.70. The highest BCUT2D eigenvalue weighted by Gasteiger charge is 1.91. The van der Waals surface area contributed by atoms with Gasteiger partial charge in [-0.1, -0.05) is 29.8 Å². The van der Waals surface area contributed by atoms with E-state index in [0.29, 0.717) is 6.54 Å². The van der Waals surface area contributed by atoms with Gasteiger partial charge < -0.3 is 15.7 Å². The molecule has 17 heavy (non-hydrogen) atoms. The van der Waals surface area contributed by atoms with Crippen molar-refractivity contribution in [3.63, 3.8) is 0 Å². The third kappa shape index (κ3) is 9.39. The zero-order valence-electron chi connectivity index (χ0n) is 10.1. The third-order valence-electron chi connectivity index (χ3n) is 2.22. The molecule has 0 radical (unpaired) electrons. The van der Waals surface area contributed by atoms with Gasteiger partial charge in [0.25, 0.3) is 0 Å². The van der Waals surface area contributed by atoms with Crippen molar-refractivity contribution in [1.82, 2.24) is 10.6 Å². The Morgan fingerprint density at radius 2 is 1.53 bits per heavy atom. The zero-order chi connectivity index (χ0) is 10.9. The predicted molar refractivity (Wildman–Crippen MR) is 77.3 cm³/mol. The molecule has 1 aromatic carbocycles. The fraction of sp³-hybridized carbons (Fsp3) is 0.500. The molecule has 1 rings (SSSR count). The van der Waals surface area contributed by atoms with E-state index < -0.39 is 0 Å². The Bertz CT molecular complexity index is 268. The average Bonchev–Trinajstić information content (AvgIpc) is 2.26. The predicted octanol–water partition coefficient (Wildman–Crippen LogP) is 1.51. The molecule has 0 spiro atoms. The largest absolute Gasteiger partial charge is 0.395 e. The quantitative estimate of drug-likeness (QED) is 0.664. The van der Waals surface area contributed by atoms with E-state index in [1.54, 1.807) is 0 Å². The average molecular weight is 281 g/mol. The summed E-state index contributed by atoms with van der Waals surface area (Å²) in [6.07, 6.45) is 0. The Hall–Kier alpha value is -0.320. The molecule has 0 saturated carbocycles. The van der Waals surface area contributed by atoms with Crippen LogP contribution in [0, 0.1) is 6.92 Å². The number of rotatable bonds is 7. The Morgan fingerprint density at radius 3 is 2.12 bits per heavy atom. The second-order valence-corrected chi connectivity index (χ2v) is 3.64. The van der Waals surface area contributed by atoms with Crippen LogP contribution in [0.5, 0.6) is 0 Å². The molecule has 0 unspecified atom stereocenters. The summed E-state index contributed by atoms with van der Waals surface area (Å²) >= 11 is 0. The minimum Gasteiger partial charge on any atom is -0.395 e. The monoisotopic (exact) mass is 280 g/mol. The van der Waals surface area contributed by atoms with Crippen molar-refractivity contribution in [1.29, 1.82) is 0 Å². The van der Waals surface area contributed by atoms with Gasteiger partial charge in [-0.3, -0.25) is 0 Å². The lowest BCUT2D eigenvalue weighted by Crippen LogP contribution is -2.28. The smallest absolute Gasteiger partial charge is 0.0555 e. The van der Waals surface area contributed by atoms with E-state index in [0.717, 1.165) is 19.6 Å². The maximum Gasteiger partial charge on any atom is 0.0555 e. The molecule has 0 amide bonds. The summed E-state index contributed by atoms with van der Waals surface area (Å²) in [5.41, 5.74) is 2.60. The first-order chi connectivity index (χ1) is 7.33. The van der Waals surface area contributed by atoms with Crippen LogP contribution in [0.3, 0.4) is 0 Å². The first-order valence-electron chi connectivity index (χ1n) is 5.41. The molecule has 0 aliphatic heterocycles. The normalized spacial score (nSPS) is 9.29. The van der Waals surface area contributed by atoms with Crippen molar-refractivity contribution in [2.24, 2.45) is 0 Å². The van der Waals surface area contributed by atoms with Gasteiger partial charge in [-0.2, -0.15) is 0 Å². The summed E-state index contributed by atoms with van der Waals surface area (Å²) in [5, 5.41) is 15.0. The molecule has 0 aliphatic rings. The van der Waals surface area contributed by atoms with Gasteiger partial charge in [-0.15, -0.1) is 24.8 Å². The van der Waals surface area contributed by atoms with Crippen LogP contribution in [0.4, 0.5) is 0 Å². The summed E-state index contributed by atoms with van der Waals surface area (Å²) < 4.78 is 0. The lowest BCUT2D eigenvalue weighted by Gasteiger charge is -2.05. The topological polar surface area (TPSA) is 44.3 Å². The molecule has 0 atom stereocenters. The maximum absolute atomic E-state index is 8.54. The summed E-state index contributed by atoms with van der Waals surface area (Å²) in [6, 6.07) is 8.54. The molecule has 0 aromatic heterocycles. The molecule has 1 aromatic rings. The Kier molecular flexibility index (Phi) is 13.6. The minimum absolute atomic E-state index is 0. The van der Waals surface area contributed by atoms with E-state index in [2.05, 4.69) is 41.8 Å². The molecule has 3 N–H and O–H groups in total. The molecule has 100 valence electrons. The van der Waals surface area contributed by atoms with Gasteiger partial charge in [0.2, 0.25) is 0 Å². The van der Waals surface area contributed by atoms with Crippen LogP contribution in [0.25, 0.3) is 0 Å². The number of halogens is 2. The number of benzene rings is 1. The lowest BCUT2D eigenvalue weighted by atomic mass is 10.1. The van der Waals surface area contributed by atoms with Crippen LogP contribution in [0.1, 0.15) is 11.1 Å². The van der Waals surface area contributed by atoms with Crippen LogP contribution in [-0.2, 0) is 6.54 Å². The highest BCUT2D eigenvalue weighted by atomic mass is 35.5. The van der Waals surface area contributed by atoms with Crippen molar-refractivity contribution in [2.45, 2.75) is 13.5 Å². The van der Waals surface area contributed by atoms with Crippen molar-refractivity contribution >= 4 is 24.8 Å². The first-order valence-corrected chi connectivity index (χ1v) is 5.41. The van der Waals surface area contributed by atoms with Crippen LogP contribution < -0.4 is 10.6 Å². The van der Waals surface area contributed by atoms with Gasteiger partial charge in [-0.25, -0.2) is 0 Å². The van der Waals surface area contributed by atoms with Crippen LogP contribution in [0.15, 0.2) is 24.3 Å². The van der Waals surface area contributed by atoms with Crippen molar-refractivity contribution in [3.05, 3.63) is 35.4 Å². The van der Waals surface area contributed by atoms with Crippen LogP contribution in [-0.4, -0.2) is 31.3 Å². The van der Waals surface area contributed by atoms with Crippen molar-refractivity contribution in [2.75, 3.05) is 26.2 Å². The third-order valence-corrected chi connectivity index (χ3v) is 2.22. The van der Waals surface area contributed by atoms with Gasteiger partial charge in [0.05, 0.1) is 6.61 Å². The summed E-state index contributed by atoms with van der Waals surface area (Å²) in [4.78, 5) is 0. The molecule has 5 heteroatoms. The van der Waals surface area contributed by atoms with E-state index in [1.807, 2.05) is 0 Å². The molecular weight excluding hydrogens is 259 g/mol. The standard InChI is InChI=1S/C12H20N2O.2ClH/c1-11-2-4-12(5-3-11)10-14-7-6-13-8-9-15;;/h2-5,13-15H,6-10H2,1H3;2*1H. The second-order valence-electron chi connectivity index (χ2n) is 3.64. The SMILES string of the molecule is Cc1ccc(CNCCNCCO)cc1.Cl.Cl. The number of aliphatic hydroxyl groups excluding tert-OH is 1. The van der Waals surface area contributed by atoms with Crippen LogP contribution >= 0.6 is 24.8 Å².